The molecule has 0 radical (unpaired) electrons. The standard InChI is InChI=1S/C20H17FO3/c1-3-23-20(22)18-17(15-10-7-11-16(21)12-15)13(2)24-19(18)14-8-5-4-6-9-14/h4-12H,3H2,1-2H3. The first-order chi connectivity index (χ1) is 11.6. The zero-order chi connectivity index (χ0) is 17.1. The number of esters is 1. The maximum Gasteiger partial charge on any atom is 0.342 e. The van der Waals surface area contributed by atoms with Crippen molar-refractivity contribution in [1.29, 1.82) is 0 Å². The van der Waals surface area contributed by atoms with Crippen LogP contribution in [0.2, 0.25) is 0 Å². The molecule has 2 aromatic carbocycles. The number of hydrogen-bond donors (Lipinski definition) is 0. The van der Waals surface area contributed by atoms with E-state index in [9.17, 15) is 9.18 Å². The van der Waals surface area contributed by atoms with E-state index in [-0.39, 0.29) is 12.4 Å². The van der Waals surface area contributed by atoms with Crippen LogP contribution < -0.4 is 0 Å². The molecule has 0 fully saturated rings. The van der Waals surface area contributed by atoms with Crippen LogP contribution in [0.15, 0.2) is 59.0 Å². The van der Waals surface area contributed by atoms with E-state index in [1.165, 1.54) is 12.1 Å². The van der Waals surface area contributed by atoms with Crippen molar-refractivity contribution in [2.45, 2.75) is 13.8 Å². The second-order valence-corrected chi connectivity index (χ2v) is 5.33. The zero-order valence-electron chi connectivity index (χ0n) is 13.5. The van der Waals surface area contributed by atoms with E-state index in [4.69, 9.17) is 9.15 Å². The summed E-state index contributed by atoms with van der Waals surface area (Å²) in [5.41, 5.74) is 2.24. The van der Waals surface area contributed by atoms with Crippen molar-refractivity contribution in [3.63, 3.8) is 0 Å². The lowest BCUT2D eigenvalue weighted by Crippen LogP contribution is -2.06. The summed E-state index contributed by atoms with van der Waals surface area (Å²) in [6.45, 7) is 3.75. The van der Waals surface area contributed by atoms with Gasteiger partial charge in [-0.15, -0.1) is 0 Å². The normalized spacial score (nSPS) is 10.6. The van der Waals surface area contributed by atoms with E-state index in [2.05, 4.69) is 0 Å². The maximum atomic E-state index is 13.6. The molecule has 0 aliphatic rings. The summed E-state index contributed by atoms with van der Waals surface area (Å²) in [5, 5.41) is 0. The van der Waals surface area contributed by atoms with Gasteiger partial charge in [-0.25, -0.2) is 9.18 Å². The summed E-state index contributed by atoms with van der Waals surface area (Å²) in [6, 6.07) is 15.4. The Kier molecular flexibility index (Phi) is 4.47. The van der Waals surface area contributed by atoms with E-state index in [1.54, 1.807) is 26.0 Å². The van der Waals surface area contributed by atoms with Gasteiger partial charge in [-0.1, -0.05) is 42.5 Å². The third kappa shape index (κ3) is 2.95. The van der Waals surface area contributed by atoms with Crippen molar-refractivity contribution in [2.75, 3.05) is 6.61 Å². The molecule has 3 aromatic rings. The van der Waals surface area contributed by atoms with Crippen molar-refractivity contribution in [2.24, 2.45) is 0 Å². The topological polar surface area (TPSA) is 39.4 Å². The van der Waals surface area contributed by atoms with E-state index < -0.39 is 5.97 Å². The molecule has 3 rings (SSSR count). The van der Waals surface area contributed by atoms with Crippen LogP contribution in [0.3, 0.4) is 0 Å². The summed E-state index contributed by atoms with van der Waals surface area (Å²) in [6.07, 6.45) is 0. The highest BCUT2D eigenvalue weighted by atomic mass is 19.1. The summed E-state index contributed by atoms with van der Waals surface area (Å²) in [4.78, 5) is 12.6. The van der Waals surface area contributed by atoms with Crippen LogP contribution >= 0.6 is 0 Å². The molecular weight excluding hydrogens is 307 g/mol. The number of halogens is 1. The Hall–Kier alpha value is -2.88. The number of aryl methyl sites for hydroxylation is 1. The molecule has 0 bridgehead atoms. The van der Waals surface area contributed by atoms with Gasteiger partial charge in [0.1, 0.15) is 22.9 Å². The Morgan fingerprint density at radius 3 is 2.46 bits per heavy atom. The van der Waals surface area contributed by atoms with E-state index in [0.29, 0.717) is 28.2 Å². The minimum atomic E-state index is -0.479. The Bertz CT molecular complexity index is 866. The zero-order valence-corrected chi connectivity index (χ0v) is 13.5. The number of carbonyl (C=O) groups excluding carboxylic acids is 1. The summed E-state index contributed by atoms with van der Waals surface area (Å²) in [7, 11) is 0. The van der Waals surface area contributed by atoms with Crippen LogP contribution in [0.25, 0.3) is 22.5 Å². The predicted octanol–water partition coefficient (Wildman–Crippen LogP) is 5.24. The van der Waals surface area contributed by atoms with Crippen molar-refractivity contribution in [3.8, 4) is 22.5 Å². The highest BCUT2D eigenvalue weighted by Crippen LogP contribution is 2.38. The first-order valence-electron chi connectivity index (χ1n) is 7.73. The minimum Gasteiger partial charge on any atom is -0.462 e. The molecule has 0 spiro atoms. The first kappa shape index (κ1) is 16.0. The fourth-order valence-corrected chi connectivity index (χ4v) is 2.73. The molecule has 0 atom stereocenters. The highest BCUT2D eigenvalue weighted by Gasteiger charge is 2.27. The molecule has 4 heteroatoms. The van der Waals surface area contributed by atoms with Gasteiger partial charge in [0.15, 0.2) is 0 Å². The molecule has 0 unspecified atom stereocenters. The summed E-state index contributed by atoms with van der Waals surface area (Å²) < 4.78 is 24.7. The van der Waals surface area contributed by atoms with Crippen molar-refractivity contribution < 1.29 is 18.3 Å². The predicted molar refractivity (Wildman–Crippen MR) is 90.2 cm³/mol. The van der Waals surface area contributed by atoms with Gasteiger partial charge < -0.3 is 9.15 Å². The maximum absolute atomic E-state index is 13.6. The lowest BCUT2D eigenvalue weighted by atomic mass is 9.98. The Morgan fingerprint density at radius 1 is 1.08 bits per heavy atom. The lowest BCUT2D eigenvalue weighted by molar-refractivity contribution is 0.0527. The first-order valence-corrected chi connectivity index (χ1v) is 7.73. The second kappa shape index (κ2) is 6.71. The quantitative estimate of drug-likeness (QED) is 0.616. The molecule has 0 saturated heterocycles. The van der Waals surface area contributed by atoms with Gasteiger partial charge in [-0.2, -0.15) is 0 Å². The number of benzene rings is 2. The number of hydrogen-bond acceptors (Lipinski definition) is 3. The fourth-order valence-electron chi connectivity index (χ4n) is 2.73. The number of rotatable bonds is 4. The second-order valence-electron chi connectivity index (χ2n) is 5.33. The smallest absolute Gasteiger partial charge is 0.342 e. The van der Waals surface area contributed by atoms with Crippen molar-refractivity contribution in [3.05, 3.63) is 71.7 Å². The summed E-state index contributed by atoms with van der Waals surface area (Å²) >= 11 is 0. The van der Waals surface area contributed by atoms with Crippen molar-refractivity contribution in [1.82, 2.24) is 0 Å². The van der Waals surface area contributed by atoms with Crippen molar-refractivity contribution >= 4 is 5.97 Å². The number of furan rings is 1. The average molecular weight is 324 g/mol. The highest BCUT2D eigenvalue weighted by molar-refractivity contribution is 6.03. The molecule has 0 aliphatic heterocycles. The van der Waals surface area contributed by atoms with Gasteiger partial charge in [0.25, 0.3) is 0 Å². The molecule has 1 aromatic heterocycles. The fraction of sp³-hybridized carbons (Fsp3) is 0.150. The number of ether oxygens (including phenoxy) is 1. The third-order valence-corrected chi connectivity index (χ3v) is 3.71. The Balaban J connectivity index is 2.25. The van der Waals surface area contributed by atoms with Crippen LogP contribution in [-0.2, 0) is 4.74 Å². The Morgan fingerprint density at radius 2 is 1.79 bits per heavy atom. The summed E-state index contributed by atoms with van der Waals surface area (Å²) in [5.74, 6) is 0.130. The van der Waals surface area contributed by atoms with Crippen LogP contribution in [0, 0.1) is 12.7 Å². The molecule has 1 heterocycles. The molecule has 0 saturated carbocycles. The van der Waals surface area contributed by atoms with Crippen LogP contribution in [0.4, 0.5) is 4.39 Å². The Labute approximate surface area is 139 Å². The van der Waals surface area contributed by atoms with Gasteiger partial charge in [0.2, 0.25) is 0 Å². The van der Waals surface area contributed by atoms with Gasteiger partial charge in [0, 0.05) is 11.1 Å². The average Bonchev–Trinajstić information content (AvgIpc) is 2.93. The minimum absolute atomic E-state index is 0.250. The van der Waals surface area contributed by atoms with Gasteiger partial charge in [-0.3, -0.25) is 0 Å². The molecule has 3 nitrogen and oxygen atoms in total. The van der Waals surface area contributed by atoms with Gasteiger partial charge in [0.05, 0.1) is 6.61 Å². The molecule has 0 aliphatic carbocycles. The molecule has 0 N–H and O–H groups in total. The number of carbonyl (C=O) groups is 1. The molecular formula is C20H17FO3. The van der Waals surface area contributed by atoms with E-state index in [1.807, 2.05) is 30.3 Å². The van der Waals surface area contributed by atoms with E-state index >= 15 is 0 Å². The van der Waals surface area contributed by atoms with Gasteiger partial charge in [-0.05, 0) is 31.5 Å². The van der Waals surface area contributed by atoms with Crippen LogP contribution in [0.1, 0.15) is 23.0 Å². The largest absolute Gasteiger partial charge is 0.462 e. The lowest BCUT2D eigenvalue weighted by Gasteiger charge is -2.06. The molecule has 122 valence electrons. The molecule has 24 heavy (non-hydrogen) atoms. The van der Waals surface area contributed by atoms with Gasteiger partial charge >= 0.3 is 5.97 Å². The third-order valence-electron chi connectivity index (χ3n) is 3.71. The van der Waals surface area contributed by atoms with E-state index in [0.717, 1.165) is 5.56 Å². The SMILES string of the molecule is CCOC(=O)c1c(-c2ccccc2)oc(C)c1-c1cccc(F)c1. The van der Waals surface area contributed by atoms with Crippen LogP contribution in [-0.4, -0.2) is 12.6 Å². The molecule has 0 amide bonds. The van der Waals surface area contributed by atoms with Crippen LogP contribution in [0.5, 0.6) is 0 Å². The monoisotopic (exact) mass is 324 g/mol.